The van der Waals surface area contributed by atoms with E-state index in [9.17, 15) is 28.3 Å². The minimum atomic E-state index is -1.02. The lowest BCUT2D eigenvalue weighted by Crippen LogP contribution is -2.49. The molecule has 2 aliphatic heterocycles. The van der Waals surface area contributed by atoms with Gasteiger partial charge < -0.3 is 24.6 Å². The van der Waals surface area contributed by atoms with Crippen LogP contribution in [0.5, 0.6) is 5.75 Å². The van der Waals surface area contributed by atoms with Gasteiger partial charge in [-0.2, -0.15) is 0 Å². The second kappa shape index (κ2) is 8.91. The Morgan fingerprint density at radius 2 is 2.09 bits per heavy atom. The summed E-state index contributed by atoms with van der Waals surface area (Å²) in [7, 11) is 0. The van der Waals surface area contributed by atoms with Gasteiger partial charge in [0.05, 0.1) is 24.9 Å². The first-order valence-corrected chi connectivity index (χ1v) is 10.8. The maximum atomic E-state index is 14.0. The van der Waals surface area contributed by atoms with E-state index in [2.05, 4.69) is 10.3 Å². The highest BCUT2D eigenvalue weighted by Gasteiger charge is 2.40. The van der Waals surface area contributed by atoms with Crippen LogP contribution in [0.4, 0.5) is 8.78 Å². The third-order valence-electron chi connectivity index (χ3n) is 6.10. The number of nitrogens with zero attached hydrogens (tertiary/aromatic N) is 3. The van der Waals surface area contributed by atoms with Crippen molar-refractivity contribution in [1.82, 2.24) is 19.8 Å². The monoisotopic (exact) mass is 482 g/mol. The molecule has 0 fully saturated rings. The van der Waals surface area contributed by atoms with Crippen LogP contribution in [0.3, 0.4) is 0 Å². The standard InChI is InChI=1S/C24H20F2N4O5/c25-15-4-3-14(17(26)6-15)8-28-23(33)19-18-12-35-11-16-10-29(9-13-2-1-5-27-7-13)24(34)20(30(16)18)22(32)21(19)31/h1-7,16,32H,8-12H2,(H,28,33). The van der Waals surface area contributed by atoms with Gasteiger partial charge in [0.2, 0.25) is 5.43 Å². The number of hydrogen-bond acceptors (Lipinski definition) is 6. The molecule has 0 aliphatic carbocycles. The van der Waals surface area contributed by atoms with E-state index >= 15 is 0 Å². The van der Waals surface area contributed by atoms with Crippen LogP contribution >= 0.6 is 0 Å². The quantitative estimate of drug-likeness (QED) is 0.574. The van der Waals surface area contributed by atoms with Crippen LogP contribution in [-0.2, 0) is 24.4 Å². The van der Waals surface area contributed by atoms with Crippen LogP contribution in [0.15, 0.2) is 47.5 Å². The van der Waals surface area contributed by atoms with Crippen molar-refractivity contribution >= 4 is 11.8 Å². The normalized spacial score (nSPS) is 16.7. The number of amides is 2. The third kappa shape index (κ3) is 4.03. The van der Waals surface area contributed by atoms with Gasteiger partial charge in [0, 0.05) is 43.7 Å². The van der Waals surface area contributed by atoms with Gasteiger partial charge in [-0.05, 0) is 17.7 Å². The minimum absolute atomic E-state index is 0.0195. The zero-order valence-electron chi connectivity index (χ0n) is 18.3. The Hall–Kier alpha value is -4.12. The number of ether oxygens (including phenoxy) is 1. The van der Waals surface area contributed by atoms with Gasteiger partial charge in [0.25, 0.3) is 11.8 Å². The smallest absolute Gasteiger partial charge is 0.274 e. The molecule has 35 heavy (non-hydrogen) atoms. The van der Waals surface area contributed by atoms with E-state index in [1.54, 1.807) is 18.5 Å². The van der Waals surface area contributed by atoms with Crippen molar-refractivity contribution in [2.45, 2.75) is 25.7 Å². The molecule has 2 amide bonds. The van der Waals surface area contributed by atoms with Gasteiger partial charge >= 0.3 is 0 Å². The van der Waals surface area contributed by atoms with E-state index < -0.39 is 40.7 Å². The summed E-state index contributed by atoms with van der Waals surface area (Å²) in [5.41, 5.74) is -0.653. The molecule has 2 aromatic heterocycles. The molecular weight excluding hydrogens is 462 g/mol. The molecule has 0 bridgehead atoms. The summed E-state index contributed by atoms with van der Waals surface area (Å²) in [5, 5.41) is 13.2. The number of carbonyl (C=O) groups excluding carboxylic acids is 2. The predicted octanol–water partition coefficient (Wildman–Crippen LogP) is 1.88. The number of nitrogens with one attached hydrogen (secondary N) is 1. The number of carbonyl (C=O) groups is 2. The summed E-state index contributed by atoms with van der Waals surface area (Å²) in [5.74, 6) is -3.86. The summed E-state index contributed by atoms with van der Waals surface area (Å²) in [6, 6.07) is 6.03. The number of rotatable bonds is 5. The molecule has 9 nitrogen and oxygen atoms in total. The molecule has 2 N–H and O–H groups in total. The largest absolute Gasteiger partial charge is 0.503 e. The maximum Gasteiger partial charge on any atom is 0.274 e. The SMILES string of the molecule is O=C(NCc1ccc(F)cc1F)c1c2n3c(c(O)c1=O)C(=O)N(Cc1cccnc1)CC3COC2. The highest BCUT2D eigenvalue weighted by Crippen LogP contribution is 2.33. The Balaban J connectivity index is 1.49. The van der Waals surface area contributed by atoms with Crippen LogP contribution in [0.1, 0.15) is 43.7 Å². The number of halogens is 2. The van der Waals surface area contributed by atoms with E-state index in [-0.39, 0.29) is 55.4 Å². The van der Waals surface area contributed by atoms with Crippen molar-refractivity contribution < 1.29 is 28.2 Å². The van der Waals surface area contributed by atoms with Gasteiger partial charge in [-0.3, -0.25) is 19.4 Å². The zero-order valence-corrected chi connectivity index (χ0v) is 18.3. The van der Waals surface area contributed by atoms with Crippen molar-refractivity contribution in [1.29, 1.82) is 0 Å². The molecule has 11 heteroatoms. The fraction of sp³-hybridized carbons (Fsp3) is 0.250. The van der Waals surface area contributed by atoms with Crippen molar-refractivity contribution in [2.75, 3.05) is 13.2 Å². The van der Waals surface area contributed by atoms with Gasteiger partial charge in [-0.1, -0.05) is 12.1 Å². The molecule has 1 unspecified atom stereocenters. The number of aromatic nitrogens is 2. The predicted molar refractivity (Wildman–Crippen MR) is 118 cm³/mol. The number of hydrogen-bond donors (Lipinski definition) is 2. The van der Waals surface area contributed by atoms with E-state index in [1.807, 2.05) is 6.07 Å². The van der Waals surface area contributed by atoms with Crippen molar-refractivity contribution in [3.63, 3.8) is 0 Å². The molecule has 0 saturated carbocycles. The molecule has 180 valence electrons. The molecule has 4 heterocycles. The van der Waals surface area contributed by atoms with E-state index in [0.717, 1.165) is 11.6 Å². The summed E-state index contributed by atoms with van der Waals surface area (Å²) in [4.78, 5) is 44.8. The Labute approximate surface area is 197 Å². The Kier molecular flexibility index (Phi) is 5.77. The molecule has 3 aromatic rings. The zero-order chi connectivity index (χ0) is 24.7. The number of benzene rings is 1. The summed E-state index contributed by atoms with van der Waals surface area (Å²) in [6.07, 6.45) is 3.23. The van der Waals surface area contributed by atoms with Gasteiger partial charge in [0.15, 0.2) is 11.4 Å². The topological polar surface area (TPSA) is 114 Å². The van der Waals surface area contributed by atoms with Crippen molar-refractivity contribution in [2.24, 2.45) is 0 Å². The lowest BCUT2D eigenvalue weighted by molar-refractivity contribution is 0.0228. The highest BCUT2D eigenvalue weighted by molar-refractivity contribution is 6.00. The first-order chi connectivity index (χ1) is 16.8. The van der Waals surface area contributed by atoms with Gasteiger partial charge in [0.1, 0.15) is 17.2 Å². The number of pyridine rings is 2. The fourth-order valence-electron chi connectivity index (χ4n) is 4.47. The lowest BCUT2D eigenvalue weighted by atomic mass is 10.0. The van der Waals surface area contributed by atoms with E-state index in [4.69, 9.17) is 4.74 Å². The summed E-state index contributed by atoms with van der Waals surface area (Å²) >= 11 is 0. The Bertz CT molecular complexity index is 1390. The lowest BCUT2D eigenvalue weighted by Gasteiger charge is -2.40. The van der Waals surface area contributed by atoms with Crippen LogP contribution in [0.2, 0.25) is 0 Å². The molecule has 0 radical (unpaired) electrons. The van der Waals surface area contributed by atoms with Crippen molar-refractivity contribution in [3.05, 3.63) is 92.7 Å². The highest BCUT2D eigenvalue weighted by atomic mass is 19.1. The molecule has 1 aromatic carbocycles. The van der Waals surface area contributed by atoms with E-state index in [0.29, 0.717) is 6.07 Å². The van der Waals surface area contributed by atoms with E-state index in [1.165, 1.54) is 15.5 Å². The maximum absolute atomic E-state index is 14.0. The second-order valence-corrected chi connectivity index (χ2v) is 8.35. The fourth-order valence-corrected chi connectivity index (χ4v) is 4.47. The van der Waals surface area contributed by atoms with Crippen LogP contribution in [0.25, 0.3) is 0 Å². The number of aromatic hydroxyl groups is 1. The first-order valence-electron chi connectivity index (χ1n) is 10.8. The average Bonchev–Trinajstić information content (AvgIpc) is 2.84. The Morgan fingerprint density at radius 3 is 2.83 bits per heavy atom. The average molecular weight is 482 g/mol. The van der Waals surface area contributed by atoms with Crippen LogP contribution in [0, 0.1) is 11.6 Å². The van der Waals surface area contributed by atoms with Crippen LogP contribution in [-0.4, -0.2) is 44.5 Å². The minimum Gasteiger partial charge on any atom is -0.503 e. The molecule has 2 aliphatic rings. The Morgan fingerprint density at radius 1 is 1.26 bits per heavy atom. The molecule has 0 saturated heterocycles. The molecular formula is C24H20F2N4O5. The summed E-state index contributed by atoms with van der Waals surface area (Å²) in [6.45, 7) is 0.230. The van der Waals surface area contributed by atoms with Crippen molar-refractivity contribution in [3.8, 4) is 5.75 Å². The van der Waals surface area contributed by atoms with Gasteiger partial charge in [-0.15, -0.1) is 0 Å². The third-order valence-corrected chi connectivity index (χ3v) is 6.10. The molecule has 0 spiro atoms. The summed E-state index contributed by atoms with van der Waals surface area (Å²) < 4.78 is 34.2. The molecule has 5 rings (SSSR count). The first kappa shape index (κ1) is 22.7. The molecule has 1 atom stereocenters. The van der Waals surface area contributed by atoms with Gasteiger partial charge in [-0.25, -0.2) is 8.78 Å². The second-order valence-electron chi connectivity index (χ2n) is 8.35. The van der Waals surface area contributed by atoms with Crippen LogP contribution < -0.4 is 10.7 Å².